The van der Waals surface area contributed by atoms with Crippen LogP contribution in [0.3, 0.4) is 0 Å². The van der Waals surface area contributed by atoms with Crippen LogP contribution in [0, 0.1) is 11.7 Å². The summed E-state index contributed by atoms with van der Waals surface area (Å²) in [5, 5.41) is 0. The van der Waals surface area contributed by atoms with Crippen LogP contribution < -0.4 is 4.74 Å². The molecule has 0 aliphatic carbocycles. The zero-order chi connectivity index (χ0) is 16.7. The summed E-state index contributed by atoms with van der Waals surface area (Å²) in [5.74, 6) is 0.807. The van der Waals surface area contributed by atoms with Crippen molar-refractivity contribution in [1.82, 2.24) is 9.80 Å². The highest BCUT2D eigenvalue weighted by molar-refractivity contribution is 5.83. The highest BCUT2D eigenvalue weighted by Crippen LogP contribution is 2.31. The predicted molar refractivity (Wildman–Crippen MR) is 86.4 cm³/mol. The molecule has 130 valence electrons. The first kappa shape index (κ1) is 15.8. The van der Waals surface area contributed by atoms with Crippen molar-refractivity contribution in [3.05, 3.63) is 29.6 Å². The molecule has 1 aromatic rings. The summed E-state index contributed by atoms with van der Waals surface area (Å²) < 4.78 is 24.5. The third kappa shape index (κ3) is 2.89. The fourth-order valence-electron chi connectivity index (χ4n) is 4.07. The number of nitrogens with zero attached hydrogens (tertiary/aromatic N) is 2. The molecule has 4 rings (SSSR count). The molecular formula is C18H23FN2O3. The molecular weight excluding hydrogens is 311 g/mol. The van der Waals surface area contributed by atoms with Crippen molar-refractivity contribution in [1.29, 1.82) is 0 Å². The molecule has 6 heteroatoms. The minimum absolute atomic E-state index is 0.0224. The number of ether oxygens (including phenoxy) is 2. The molecule has 0 aromatic heterocycles. The maximum Gasteiger partial charge on any atom is 0.264 e. The fourth-order valence-corrected chi connectivity index (χ4v) is 4.07. The van der Waals surface area contributed by atoms with Gasteiger partial charge in [-0.05, 0) is 24.1 Å². The second-order valence-electron chi connectivity index (χ2n) is 7.00. The zero-order valence-corrected chi connectivity index (χ0v) is 13.9. The fraction of sp³-hybridized carbons (Fsp3) is 0.611. The van der Waals surface area contributed by atoms with Gasteiger partial charge in [0.15, 0.2) is 6.10 Å². The number of morpholine rings is 1. The summed E-state index contributed by atoms with van der Waals surface area (Å²) in [5.41, 5.74) is 0.783. The van der Waals surface area contributed by atoms with Gasteiger partial charge in [-0.15, -0.1) is 0 Å². The predicted octanol–water partition coefficient (Wildman–Crippen LogP) is 1.31. The van der Waals surface area contributed by atoms with Crippen LogP contribution in [0.25, 0.3) is 0 Å². The molecule has 3 aliphatic rings. The molecule has 3 atom stereocenters. The lowest BCUT2D eigenvalue weighted by Gasteiger charge is -2.34. The van der Waals surface area contributed by atoms with E-state index >= 15 is 0 Å². The number of fused-ring (bicyclic) bond motifs is 1. The Morgan fingerprint density at radius 3 is 2.83 bits per heavy atom. The molecule has 0 spiro atoms. The number of amides is 1. The third-order valence-corrected chi connectivity index (χ3v) is 5.37. The van der Waals surface area contributed by atoms with Gasteiger partial charge >= 0.3 is 0 Å². The van der Waals surface area contributed by atoms with E-state index in [0.29, 0.717) is 24.1 Å². The van der Waals surface area contributed by atoms with Gasteiger partial charge in [0.25, 0.3) is 5.91 Å². The summed E-state index contributed by atoms with van der Waals surface area (Å²) in [6.07, 6.45) is -0.0589. The first-order valence-electron chi connectivity index (χ1n) is 8.67. The van der Waals surface area contributed by atoms with Crippen LogP contribution in [-0.4, -0.2) is 67.2 Å². The summed E-state index contributed by atoms with van der Waals surface area (Å²) in [6, 6.07) is 4.84. The Balaban J connectivity index is 1.41. The topological polar surface area (TPSA) is 42.0 Å². The molecule has 1 aromatic carbocycles. The Kier molecular flexibility index (Phi) is 4.18. The Hall–Kier alpha value is -1.66. The normalized spacial score (nSPS) is 30.2. The SMILES string of the molecule is C[C@@H]1CN(C(=O)[C@H]2Cc3cc(F)ccc3O2)C[C@H]1N1CCOCC1. The van der Waals surface area contributed by atoms with Gasteiger partial charge in [-0.3, -0.25) is 9.69 Å². The van der Waals surface area contributed by atoms with Crippen molar-refractivity contribution in [2.75, 3.05) is 39.4 Å². The van der Waals surface area contributed by atoms with Gasteiger partial charge in [0.05, 0.1) is 13.2 Å². The standard InChI is InChI=1S/C18H23FN2O3/c1-12-10-21(11-15(12)20-4-6-23-7-5-20)18(22)17-9-13-8-14(19)2-3-16(13)24-17/h2-3,8,12,15,17H,4-7,9-11H2,1H3/t12-,15-,17-/m1/s1. The molecule has 3 heterocycles. The van der Waals surface area contributed by atoms with Crippen molar-refractivity contribution in [2.24, 2.45) is 5.92 Å². The van der Waals surface area contributed by atoms with E-state index in [1.807, 2.05) is 4.90 Å². The number of carbonyl (C=O) groups is 1. The Morgan fingerprint density at radius 2 is 2.04 bits per heavy atom. The molecule has 2 saturated heterocycles. The quantitative estimate of drug-likeness (QED) is 0.818. The van der Waals surface area contributed by atoms with E-state index in [-0.39, 0.29) is 11.7 Å². The average Bonchev–Trinajstić information content (AvgIpc) is 3.18. The molecule has 0 saturated carbocycles. The Morgan fingerprint density at radius 1 is 1.25 bits per heavy atom. The van der Waals surface area contributed by atoms with Gasteiger partial charge in [0.1, 0.15) is 11.6 Å². The van der Waals surface area contributed by atoms with E-state index in [1.165, 1.54) is 12.1 Å². The smallest absolute Gasteiger partial charge is 0.264 e. The van der Waals surface area contributed by atoms with Crippen molar-refractivity contribution in [3.63, 3.8) is 0 Å². The minimum atomic E-state index is -0.516. The molecule has 24 heavy (non-hydrogen) atoms. The van der Waals surface area contributed by atoms with E-state index in [0.717, 1.165) is 45.0 Å². The van der Waals surface area contributed by atoms with Gasteiger partial charge < -0.3 is 14.4 Å². The molecule has 3 aliphatic heterocycles. The molecule has 0 bridgehead atoms. The highest BCUT2D eigenvalue weighted by Gasteiger charge is 2.40. The highest BCUT2D eigenvalue weighted by atomic mass is 19.1. The average molecular weight is 334 g/mol. The zero-order valence-electron chi connectivity index (χ0n) is 13.9. The van der Waals surface area contributed by atoms with Gasteiger partial charge in [-0.2, -0.15) is 0 Å². The van der Waals surface area contributed by atoms with Crippen molar-refractivity contribution >= 4 is 5.91 Å². The first-order valence-corrected chi connectivity index (χ1v) is 8.67. The van der Waals surface area contributed by atoms with E-state index < -0.39 is 6.10 Å². The second kappa shape index (κ2) is 6.33. The lowest BCUT2D eigenvalue weighted by atomic mass is 10.0. The molecule has 2 fully saturated rings. The van der Waals surface area contributed by atoms with Crippen LogP contribution in [0.15, 0.2) is 18.2 Å². The molecule has 0 N–H and O–H groups in total. The van der Waals surface area contributed by atoms with Crippen molar-refractivity contribution in [3.8, 4) is 5.75 Å². The van der Waals surface area contributed by atoms with Crippen LogP contribution in [-0.2, 0) is 16.0 Å². The van der Waals surface area contributed by atoms with E-state index in [2.05, 4.69) is 11.8 Å². The number of hydrogen-bond acceptors (Lipinski definition) is 4. The number of benzene rings is 1. The summed E-state index contributed by atoms with van der Waals surface area (Å²) in [4.78, 5) is 17.2. The molecule has 1 amide bonds. The number of likely N-dealkylation sites (tertiary alicyclic amines) is 1. The lowest BCUT2D eigenvalue weighted by molar-refractivity contribution is -0.137. The van der Waals surface area contributed by atoms with Crippen LogP contribution in [0.2, 0.25) is 0 Å². The molecule has 0 unspecified atom stereocenters. The molecule has 5 nitrogen and oxygen atoms in total. The van der Waals surface area contributed by atoms with Gasteiger partial charge in [0, 0.05) is 44.2 Å². The van der Waals surface area contributed by atoms with Crippen molar-refractivity contribution in [2.45, 2.75) is 25.5 Å². The summed E-state index contributed by atoms with van der Waals surface area (Å²) in [6.45, 7) is 7.10. The number of carbonyl (C=O) groups excluding carboxylic acids is 1. The van der Waals surface area contributed by atoms with Gasteiger partial charge in [-0.1, -0.05) is 6.92 Å². The number of halogens is 1. The second-order valence-corrected chi connectivity index (χ2v) is 7.00. The van der Waals surface area contributed by atoms with Crippen LogP contribution >= 0.6 is 0 Å². The van der Waals surface area contributed by atoms with E-state index in [9.17, 15) is 9.18 Å². The Labute approximate surface area is 141 Å². The van der Waals surface area contributed by atoms with Gasteiger partial charge in [-0.25, -0.2) is 4.39 Å². The van der Waals surface area contributed by atoms with Crippen LogP contribution in [0.5, 0.6) is 5.75 Å². The maximum atomic E-state index is 13.3. The number of rotatable bonds is 2. The summed E-state index contributed by atoms with van der Waals surface area (Å²) in [7, 11) is 0. The lowest BCUT2D eigenvalue weighted by Crippen LogP contribution is -2.47. The van der Waals surface area contributed by atoms with Crippen molar-refractivity contribution < 1.29 is 18.7 Å². The third-order valence-electron chi connectivity index (χ3n) is 5.37. The Bertz CT molecular complexity index is 633. The summed E-state index contributed by atoms with van der Waals surface area (Å²) >= 11 is 0. The minimum Gasteiger partial charge on any atom is -0.480 e. The largest absolute Gasteiger partial charge is 0.480 e. The van der Waals surface area contributed by atoms with Crippen LogP contribution in [0.4, 0.5) is 4.39 Å². The monoisotopic (exact) mass is 334 g/mol. The van der Waals surface area contributed by atoms with E-state index in [4.69, 9.17) is 9.47 Å². The van der Waals surface area contributed by atoms with Crippen LogP contribution in [0.1, 0.15) is 12.5 Å². The maximum absolute atomic E-state index is 13.3. The van der Waals surface area contributed by atoms with E-state index in [1.54, 1.807) is 6.07 Å². The molecule has 0 radical (unpaired) electrons. The number of hydrogen-bond donors (Lipinski definition) is 0. The first-order chi connectivity index (χ1) is 11.6. The van der Waals surface area contributed by atoms with Gasteiger partial charge in [0.2, 0.25) is 0 Å².